The Labute approximate surface area is 77.0 Å². The molecule has 1 aromatic rings. The predicted molar refractivity (Wildman–Crippen MR) is 52.2 cm³/mol. The molecular weight excluding hydrogens is 168 g/mol. The Morgan fingerprint density at radius 3 is 3.08 bits per heavy atom. The lowest BCUT2D eigenvalue weighted by Crippen LogP contribution is -2.50. The summed E-state index contributed by atoms with van der Waals surface area (Å²) >= 11 is 1.83. The minimum Gasteiger partial charge on any atom is -0.329 e. The van der Waals surface area contributed by atoms with E-state index in [9.17, 15) is 0 Å². The maximum Gasteiger partial charge on any atom is 0.0331 e. The summed E-state index contributed by atoms with van der Waals surface area (Å²) in [7, 11) is 0. The quantitative estimate of drug-likeness (QED) is 0.763. The van der Waals surface area contributed by atoms with Crippen molar-refractivity contribution in [2.75, 3.05) is 13.1 Å². The van der Waals surface area contributed by atoms with Gasteiger partial charge in [-0.25, -0.2) is 0 Å². The number of hydrogen-bond donors (Lipinski definition) is 1. The van der Waals surface area contributed by atoms with Gasteiger partial charge in [-0.15, -0.1) is 11.3 Å². The molecule has 0 amide bonds. The Morgan fingerprint density at radius 1 is 1.67 bits per heavy atom. The Morgan fingerprint density at radius 2 is 2.58 bits per heavy atom. The number of nitrogens with two attached hydrogens (primary N) is 1. The van der Waals surface area contributed by atoms with E-state index < -0.39 is 0 Å². The van der Waals surface area contributed by atoms with Crippen LogP contribution >= 0.6 is 11.3 Å². The zero-order valence-electron chi connectivity index (χ0n) is 7.07. The topological polar surface area (TPSA) is 29.3 Å². The SMILES string of the molecule is NCC1CCN1Cc1cccs1. The van der Waals surface area contributed by atoms with Gasteiger partial charge in [-0.3, -0.25) is 4.90 Å². The summed E-state index contributed by atoms with van der Waals surface area (Å²) < 4.78 is 0. The lowest BCUT2D eigenvalue weighted by atomic mass is 10.0. The molecule has 1 atom stereocenters. The zero-order valence-corrected chi connectivity index (χ0v) is 7.89. The number of rotatable bonds is 3. The van der Waals surface area contributed by atoms with E-state index in [0.717, 1.165) is 13.1 Å². The molecule has 1 aliphatic rings. The number of likely N-dealkylation sites (tertiary alicyclic amines) is 1. The molecule has 2 rings (SSSR count). The van der Waals surface area contributed by atoms with Crippen molar-refractivity contribution in [3.63, 3.8) is 0 Å². The van der Waals surface area contributed by atoms with Gasteiger partial charge < -0.3 is 5.73 Å². The highest BCUT2D eigenvalue weighted by molar-refractivity contribution is 7.09. The summed E-state index contributed by atoms with van der Waals surface area (Å²) in [6, 6.07) is 4.94. The van der Waals surface area contributed by atoms with E-state index in [2.05, 4.69) is 22.4 Å². The molecule has 0 aliphatic carbocycles. The lowest BCUT2D eigenvalue weighted by molar-refractivity contribution is 0.0894. The molecule has 2 heterocycles. The van der Waals surface area contributed by atoms with Crippen LogP contribution in [0.25, 0.3) is 0 Å². The average molecular weight is 182 g/mol. The Balaban J connectivity index is 1.88. The fourth-order valence-electron chi connectivity index (χ4n) is 1.57. The molecule has 1 fully saturated rings. The number of hydrogen-bond acceptors (Lipinski definition) is 3. The van der Waals surface area contributed by atoms with Crippen LogP contribution < -0.4 is 5.73 Å². The molecule has 66 valence electrons. The maximum atomic E-state index is 5.61. The van der Waals surface area contributed by atoms with Crippen LogP contribution in [0.15, 0.2) is 17.5 Å². The van der Waals surface area contributed by atoms with E-state index in [0.29, 0.717) is 6.04 Å². The molecule has 1 aromatic heterocycles. The van der Waals surface area contributed by atoms with Gasteiger partial charge in [0.1, 0.15) is 0 Å². The molecule has 0 saturated carbocycles. The van der Waals surface area contributed by atoms with Crippen molar-refractivity contribution in [1.29, 1.82) is 0 Å². The fraction of sp³-hybridized carbons (Fsp3) is 0.556. The molecule has 0 bridgehead atoms. The highest BCUT2D eigenvalue weighted by atomic mass is 32.1. The molecule has 2 nitrogen and oxygen atoms in total. The highest BCUT2D eigenvalue weighted by Gasteiger charge is 2.26. The molecule has 1 aliphatic heterocycles. The largest absolute Gasteiger partial charge is 0.329 e. The molecule has 1 saturated heterocycles. The van der Waals surface area contributed by atoms with Crippen LogP contribution in [0.1, 0.15) is 11.3 Å². The summed E-state index contributed by atoms with van der Waals surface area (Å²) in [5.74, 6) is 0. The van der Waals surface area contributed by atoms with Gasteiger partial charge in [-0.1, -0.05) is 6.07 Å². The van der Waals surface area contributed by atoms with E-state index in [1.165, 1.54) is 17.8 Å². The van der Waals surface area contributed by atoms with Crippen molar-refractivity contribution < 1.29 is 0 Å². The predicted octanol–water partition coefficient (Wildman–Crippen LogP) is 1.28. The molecule has 2 N–H and O–H groups in total. The van der Waals surface area contributed by atoms with Gasteiger partial charge in [0.2, 0.25) is 0 Å². The van der Waals surface area contributed by atoms with Crippen molar-refractivity contribution in [2.45, 2.75) is 19.0 Å². The molecule has 1 unspecified atom stereocenters. The van der Waals surface area contributed by atoms with Crippen LogP contribution in [0.5, 0.6) is 0 Å². The van der Waals surface area contributed by atoms with Gasteiger partial charge in [0, 0.05) is 30.6 Å². The number of nitrogens with zero attached hydrogens (tertiary/aromatic N) is 1. The van der Waals surface area contributed by atoms with Crippen molar-refractivity contribution in [1.82, 2.24) is 4.90 Å². The van der Waals surface area contributed by atoms with E-state index in [4.69, 9.17) is 5.73 Å². The molecule has 12 heavy (non-hydrogen) atoms. The smallest absolute Gasteiger partial charge is 0.0331 e. The molecular formula is C9H14N2S. The monoisotopic (exact) mass is 182 g/mol. The third-order valence-corrected chi connectivity index (χ3v) is 3.34. The lowest BCUT2D eigenvalue weighted by Gasteiger charge is -2.40. The van der Waals surface area contributed by atoms with Crippen molar-refractivity contribution in [3.8, 4) is 0 Å². The average Bonchev–Trinajstić information content (AvgIpc) is 2.51. The molecule has 3 heteroatoms. The molecule has 0 aromatic carbocycles. The van der Waals surface area contributed by atoms with Crippen LogP contribution in [0.3, 0.4) is 0 Å². The fourth-order valence-corrected chi connectivity index (χ4v) is 2.30. The van der Waals surface area contributed by atoms with Crippen molar-refractivity contribution in [2.24, 2.45) is 5.73 Å². The summed E-state index contributed by atoms with van der Waals surface area (Å²) in [4.78, 5) is 3.90. The van der Waals surface area contributed by atoms with Crippen molar-refractivity contribution >= 4 is 11.3 Å². The van der Waals surface area contributed by atoms with Crippen molar-refractivity contribution in [3.05, 3.63) is 22.4 Å². The van der Waals surface area contributed by atoms with E-state index >= 15 is 0 Å². The third kappa shape index (κ3) is 1.53. The van der Waals surface area contributed by atoms with Crippen LogP contribution in [0, 0.1) is 0 Å². The summed E-state index contributed by atoms with van der Waals surface area (Å²) in [6.07, 6.45) is 1.28. The standard InChI is InChI=1S/C9H14N2S/c10-6-8-3-4-11(8)7-9-2-1-5-12-9/h1-2,5,8H,3-4,6-7,10H2. The van der Waals surface area contributed by atoms with E-state index in [1.54, 1.807) is 0 Å². The minimum absolute atomic E-state index is 0.645. The molecule has 0 radical (unpaired) electrons. The Hall–Kier alpha value is -0.380. The van der Waals surface area contributed by atoms with Gasteiger partial charge in [0.05, 0.1) is 0 Å². The van der Waals surface area contributed by atoms with Crippen LogP contribution in [0.2, 0.25) is 0 Å². The Bertz CT molecular complexity index is 231. The summed E-state index contributed by atoms with van der Waals surface area (Å²) in [6.45, 7) is 3.13. The first kappa shape index (κ1) is 8.23. The maximum absolute atomic E-state index is 5.61. The normalized spacial score (nSPS) is 23.9. The summed E-state index contributed by atoms with van der Waals surface area (Å²) in [5.41, 5.74) is 5.61. The summed E-state index contributed by atoms with van der Waals surface area (Å²) in [5, 5.41) is 2.13. The van der Waals surface area contributed by atoms with Gasteiger partial charge in [0.25, 0.3) is 0 Å². The second-order valence-corrected chi connectivity index (χ2v) is 4.26. The van der Waals surface area contributed by atoms with E-state index in [-0.39, 0.29) is 0 Å². The third-order valence-electron chi connectivity index (χ3n) is 2.48. The van der Waals surface area contributed by atoms with Gasteiger partial charge >= 0.3 is 0 Å². The van der Waals surface area contributed by atoms with E-state index in [1.807, 2.05) is 11.3 Å². The van der Waals surface area contributed by atoms with Crippen LogP contribution in [-0.4, -0.2) is 24.0 Å². The highest BCUT2D eigenvalue weighted by Crippen LogP contribution is 2.21. The Kier molecular flexibility index (Phi) is 2.44. The van der Waals surface area contributed by atoms with Gasteiger partial charge in [0.15, 0.2) is 0 Å². The first-order chi connectivity index (χ1) is 5.90. The second kappa shape index (κ2) is 3.56. The molecule has 0 spiro atoms. The number of thiophene rings is 1. The minimum atomic E-state index is 0.645. The van der Waals surface area contributed by atoms with Gasteiger partial charge in [-0.05, 0) is 17.9 Å². The van der Waals surface area contributed by atoms with Crippen LogP contribution in [0.4, 0.5) is 0 Å². The first-order valence-electron chi connectivity index (χ1n) is 4.36. The first-order valence-corrected chi connectivity index (χ1v) is 5.24. The second-order valence-electron chi connectivity index (χ2n) is 3.23. The van der Waals surface area contributed by atoms with Crippen LogP contribution in [-0.2, 0) is 6.54 Å². The zero-order chi connectivity index (χ0) is 8.39. The van der Waals surface area contributed by atoms with Gasteiger partial charge in [-0.2, -0.15) is 0 Å².